The molecule has 0 aromatic heterocycles. The Hall–Kier alpha value is -3.28. The van der Waals surface area contributed by atoms with Crippen molar-refractivity contribution in [2.75, 3.05) is 19.0 Å². The van der Waals surface area contributed by atoms with Gasteiger partial charge in [-0.15, -0.1) is 0 Å². The lowest BCUT2D eigenvalue weighted by molar-refractivity contribution is -0.119. The second-order valence-corrected chi connectivity index (χ2v) is 7.22. The molecule has 0 radical (unpaired) electrons. The number of carbonyl (C=O) groups excluding carboxylic acids is 1. The number of para-hydroxylation sites is 1. The number of amides is 1. The number of halogens is 1. The fraction of sp³-hybridized carbons (Fsp3) is 0.190. The van der Waals surface area contributed by atoms with Crippen molar-refractivity contribution in [2.45, 2.75) is 6.04 Å². The van der Waals surface area contributed by atoms with Gasteiger partial charge in [0.15, 0.2) is 23.2 Å². The minimum atomic E-state index is -0.691. The zero-order valence-corrected chi connectivity index (χ0v) is 17.6. The maximum absolute atomic E-state index is 13.1. The van der Waals surface area contributed by atoms with Crippen LogP contribution in [-0.4, -0.2) is 24.7 Å². The number of thiocarbonyl (C=S) groups is 1. The quantitative estimate of drug-likeness (QED) is 0.589. The van der Waals surface area contributed by atoms with Gasteiger partial charge in [-0.3, -0.25) is 4.79 Å². The molecule has 1 aliphatic heterocycles. The smallest absolute Gasteiger partial charge is 0.235 e. The summed E-state index contributed by atoms with van der Waals surface area (Å²) in [7, 11) is 1.50. The number of rotatable bonds is 6. The monoisotopic (exact) mass is 442 g/mol. The van der Waals surface area contributed by atoms with Crippen LogP contribution in [-0.2, 0) is 4.79 Å². The number of nitriles is 1. The van der Waals surface area contributed by atoms with Crippen LogP contribution in [0, 0.1) is 17.2 Å². The van der Waals surface area contributed by atoms with Gasteiger partial charge >= 0.3 is 0 Å². The third-order valence-corrected chi connectivity index (χ3v) is 5.07. The van der Waals surface area contributed by atoms with E-state index in [9.17, 15) is 4.79 Å². The van der Waals surface area contributed by atoms with Gasteiger partial charge < -0.3 is 25.4 Å². The number of nitrogens with one attached hydrogen (secondary N) is 3. The Bertz CT molecular complexity index is 1040. The Morgan fingerprint density at radius 3 is 2.80 bits per heavy atom. The molecular formula is C21H19ClN4O3S. The fourth-order valence-corrected chi connectivity index (χ4v) is 3.59. The van der Waals surface area contributed by atoms with E-state index in [1.807, 2.05) is 6.07 Å². The first-order valence-electron chi connectivity index (χ1n) is 8.94. The normalized spacial score (nSPS) is 17.9. The molecule has 1 aliphatic rings. The van der Waals surface area contributed by atoms with E-state index >= 15 is 0 Å². The van der Waals surface area contributed by atoms with Gasteiger partial charge in [-0.05, 0) is 42.0 Å². The van der Waals surface area contributed by atoms with E-state index in [1.54, 1.807) is 42.5 Å². The molecule has 3 N–H and O–H groups in total. The largest absolute Gasteiger partial charge is 0.493 e. The molecular weight excluding hydrogens is 424 g/mol. The summed E-state index contributed by atoms with van der Waals surface area (Å²) in [6, 6.07) is 13.6. The number of ether oxygens (including phenoxy) is 2. The van der Waals surface area contributed by atoms with Crippen molar-refractivity contribution >= 4 is 40.5 Å². The molecule has 0 spiro atoms. The molecule has 1 heterocycles. The second kappa shape index (κ2) is 9.48. The van der Waals surface area contributed by atoms with Crippen molar-refractivity contribution in [3.05, 3.63) is 65.3 Å². The molecule has 1 saturated heterocycles. The highest BCUT2D eigenvalue weighted by molar-refractivity contribution is 7.80. The highest BCUT2D eigenvalue weighted by Crippen LogP contribution is 2.36. The summed E-state index contributed by atoms with van der Waals surface area (Å²) in [5.74, 6) is -0.131. The van der Waals surface area contributed by atoms with Crippen molar-refractivity contribution in [1.82, 2.24) is 10.6 Å². The average Bonchev–Trinajstić information content (AvgIpc) is 2.73. The van der Waals surface area contributed by atoms with Crippen molar-refractivity contribution in [3.8, 4) is 17.6 Å². The molecule has 2 aromatic carbocycles. The molecule has 3 rings (SSSR count). The van der Waals surface area contributed by atoms with Crippen molar-refractivity contribution < 1.29 is 14.3 Å². The highest BCUT2D eigenvalue weighted by atomic mass is 35.5. The van der Waals surface area contributed by atoms with Crippen LogP contribution in [0.3, 0.4) is 0 Å². The SMILES string of the molecule is C=C1NC(=S)N[C@@H](c2ccc(OCC#N)c(OC)c2)[C@H]1C(=O)Nc1ccccc1Cl. The Morgan fingerprint density at radius 2 is 2.10 bits per heavy atom. The predicted molar refractivity (Wildman–Crippen MR) is 118 cm³/mol. The summed E-state index contributed by atoms with van der Waals surface area (Å²) >= 11 is 11.4. The van der Waals surface area contributed by atoms with Crippen molar-refractivity contribution in [2.24, 2.45) is 5.92 Å². The molecule has 0 bridgehead atoms. The minimum absolute atomic E-state index is 0.106. The van der Waals surface area contributed by atoms with Crippen LogP contribution < -0.4 is 25.4 Å². The zero-order chi connectivity index (χ0) is 21.7. The lowest BCUT2D eigenvalue weighted by atomic mass is 9.88. The van der Waals surface area contributed by atoms with Gasteiger partial charge in [0, 0.05) is 5.70 Å². The molecule has 7 nitrogen and oxygen atoms in total. The molecule has 0 aliphatic carbocycles. The summed E-state index contributed by atoms with van der Waals surface area (Å²) < 4.78 is 10.8. The number of methoxy groups -OCH3 is 1. The molecule has 2 atom stereocenters. The summed E-state index contributed by atoms with van der Waals surface area (Å²) in [6.07, 6.45) is 0. The first-order chi connectivity index (χ1) is 14.4. The Labute approximate surface area is 184 Å². The van der Waals surface area contributed by atoms with Gasteiger partial charge in [-0.1, -0.05) is 36.4 Å². The third kappa shape index (κ3) is 4.64. The molecule has 154 valence electrons. The topological polar surface area (TPSA) is 95.4 Å². The number of carbonyl (C=O) groups is 1. The van der Waals surface area contributed by atoms with Crippen molar-refractivity contribution in [1.29, 1.82) is 5.26 Å². The molecule has 0 saturated carbocycles. The number of hydrogen-bond donors (Lipinski definition) is 3. The van der Waals surface area contributed by atoms with E-state index in [0.717, 1.165) is 5.56 Å². The summed E-state index contributed by atoms with van der Waals surface area (Å²) in [5, 5.41) is 18.4. The first-order valence-corrected chi connectivity index (χ1v) is 9.72. The molecule has 30 heavy (non-hydrogen) atoms. The summed E-state index contributed by atoms with van der Waals surface area (Å²) in [6.45, 7) is 3.88. The van der Waals surface area contributed by atoms with E-state index in [2.05, 4.69) is 22.5 Å². The maximum atomic E-state index is 13.1. The molecule has 2 aromatic rings. The van der Waals surface area contributed by atoms with E-state index in [0.29, 0.717) is 33.0 Å². The van der Waals surface area contributed by atoms with Crippen LogP contribution in [0.4, 0.5) is 5.69 Å². The predicted octanol–water partition coefficient (Wildman–Crippen LogP) is 3.54. The van der Waals surface area contributed by atoms with E-state index in [-0.39, 0.29) is 12.5 Å². The van der Waals surface area contributed by atoms with Crippen LogP contribution in [0.15, 0.2) is 54.7 Å². The summed E-state index contributed by atoms with van der Waals surface area (Å²) in [5.41, 5.74) is 1.69. The first kappa shape index (κ1) is 21.4. The molecule has 0 unspecified atom stereocenters. The number of nitrogens with zero attached hydrogens (tertiary/aromatic N) is 1. The standard InChI is InChI=1S/C21H19ClN4O3S/c1-12-18(20(27)25-15-6-4-3-5-14(15)22)19(26-21(30)24-12)13-7-8-16(29-10-9-23)17(11-13)28-2/h3-8,11,18-19H,1,10H2,2H3,(H,25,27)(H2,24,26,30)/t18-,19-/m0/s1. The van der Waals surface area contributed by atoms with E-state index in [4.69, 9.17) is 38.6 Å². The Morgan fingerprint density at radius 1 is 1.33 bits per heavy atom. The maximum Gasteiger partial charge on any atom is 0.235 e. The van der Waals surface area contributed by atoms with Crippen LogP contribution in [0.5, 0.6) is 11.5 Å². The van der Waals surface area contributed by atoms with Gasteiger partial charge in [-0.2, -0.15) is 5.26 Å². The van der Waals surface area contributed by atoms with Crippen LogP contribution >= 0.6 is 23.8 Å². The van der Waals surface area contributed by atoms with E-state index in [1.165, 1.54) is 7.11 Å². The van der Waals surface area contributed by atoms with Gasteiger partial charge in [0.1, 0.15) is 12.0 Å². The van der Waals surface area contributed by atoms with Crippen LogP contribution in [0.1, 0.15) is 11.6 Å². The fourth-order valence-electron chi connectivity index (χ4n) is 3.15. The Balaban J connectivity index is 1.93. The molecule has 1 fully saturated rings. The number of benzene rings is 2. The average molecular weight is 443 g/mol. The van der Waals surface area contributed by atoms with Gasteiger partial charge in [0.2, 0.25) is 5.91 Å². The highest BCUT2D eigenvalue weighted by Gasteiger charge is 2.37. The Kier molecular flexibility index (Phi) is 6.77. The van der Waals surface area contributed by atoms with E-state index < -0.39 is 12.0 Å². The zero-order valence-electron chi connectivity index (χ0n) is 16.1. The minimum Gasteiger partial charge on any atom is -0.493 e. The lowest BCUT2D eigenvalue weighted by Gasteiger charge is -2.35. The lowest BCUT2D eigenvalue weighted by Crippen LogP contribution is -2.51. The second-order valence-electron chi connectivity index (χ2n) is 6.41. The molecule has 1 amide bonds. The third-order valence-electron chi connectivity index (χ3n) is 4.52. The summed E-state index contributed by atoms with van der Waals surface area (Å²) in [4.78, 5) is 13.1. The van der Waals surface area contributed by atoms with Crippen LogP contribution in [0.25, 0.3) is 0 Å². The number of hydrogen-bond acceptors (Lipinski definition) is 5. The molecule has 9 heteroatoms. The van der Waals surface area contributed by atoms with Gasteiger partial charge in [0.25, 0.3) is 0 Å². The van der Waals surface area contributed by atoms with Crippen molar-refractivity contribution in [3.63, 3.8) is 0 Å². The van der Waals surface area contributed by atoms with Gasteiger partial charge in [-0.25, -0.2) is 0 Å². The van der Waals surface area contributed by atoms with Crippen LogP contribution in [0.2, 0.25) is 5.02 Å². The number of anilines is 1. The van der Waals surface area contributed by atoms with Gasteiger partial charge in [0.05, 0.1) is 23.9 Å².